The lowest BCUT2D eigenvalue weighted by Gasteiger charge is -2.23. The van der Waals surface area contributed by atoms with Gasteiger partial charge in [-0.3, -0.25) is 0 Å². The van der Waals surface area contributed by atoms with Crippen LogP contribution in [0.5, 0.6) is 0 Å². The fourth-order valence-electron chi connectivity index (χ4n) is 2.33. The summed E-state index contributed by atoms with van der Waals surface area (Å²) in [6.45, 7) is 7.96. The highest BCUT2D eigenvalue weighted by Gasteiger charge is 2.25. The Balaban J connectivity index is 1.89. The second-order valence-electron chi connectivity index (χ2n) is 5.67. The zero-order valence-corrected chi connectivity index (χ0v) is 14.9. The maximum Gasteiger partial charge on any atom is 0.315 e. The molecule has 0 spiro atoms. The predicted octanol–water partition coefficient (Wildman–Crippen LogP) is 3.69. The summed E-state index contributed by atoms with van der Waals surface area (Å²) in [6.07, 6.45) is 0. The molecule has 0 saturated heterocycles. The molecular weight excluding hydrogens is 316 g/mol. The van der Waals surface area contributed by atoms with Crippen molar-refractivity contribution in [3.63, 3.8) is 0 Å². The Labute approximate surface area is 139 Å². The van der Waals surface area contributed by atoms with Gasteiger partial charge in [-0.1, -0.05) is 6.07 Å². The SMILES string of the molecule is Cc1cc(C(C)NC(=O)NCC(C)(O)c2cccs2)c(C)s1. The molecule has 2 amide bonds. The molecule has 0 aromatic carbocycles. The number of urea groups is 1. The number of nitrogens with one attached hydrogen (secondary N) is 2. The van der Waals surface area contributed by atoms with Crippen molar-refractivity contribution in [2.24, 2.45) is 0 Å². The lowest BCUT2D eigenvalue weighted by molar-refractivity contribution is 0.0630. The highest BCUT2D eigenvalue weighted by molar-refractivity contribution is 7.12. The van der Waals surface area contributed by atoms with Crippen LogP contribution in [0, 0.1) is 13.8 Å². The van der Waals surface area contributed by atoms with Gasteiger partial charge < -0.3 is 15.7 Å². The predicted molar refractivity (Wildman–Crippen MR) is 92.6 cm³/mol. The van der Waals surface area contributed by atoms with E-state index in [0.29, 0.717) is 0 Å². The molecule has 2 heterocycles. The molecular formula is C16H22N2O2S2. The second-order valence-corrected chi connectivity index (χ2v) is 8.08. The first-order valence-corrected chi connectivity index (χ1v) is 8.87. The molecule has 2 atom stereocenters. The third kappa shape index (κ3) is 4.09. The van der Waals surface area contributed by atoms with Crippen LogP contribution < -0.4 is 10.6 Å². The number of aryl methyl sites for hydroxylation is 2. The van der Waals surface area contributed by atoms with Crippen LogP contribution in [0.15, 0.2) is 23.6 Å². The Bertz CT molecular complexity index is 633. The summed E-state index contributed by atoms with van der Waals surface area (Å²) >= 11 is 3.21. The summed E-state index contributed by atoms with van der Waals surface area (Å²) in [6, 6.07) is 5.53. The van der Waals surface area contributed by atoms with E-state index in [2.05, 4.69) is 30.5 Å². The Morgan fingerprint density at radius 2 is 2.18 bits per heavy atom. The van der Waals surface area contributed by atoms with Crippen LogP contribution in [0.2, 0.25) is 0 Å². The molecule has 6 heteroatoms. The number of rotatable bonds is 5. The third-order valence-electron chi connectivity index (χ3n) is 3.54. The highest BCUT2D eigenvalue weighted by atomic mass is 32.1. The molecule has 2 aromatic heterocycles. The van der Waals surface area contributed by atoms with E-state index in [1.165, 1.54) is 21.1 Å². The van der Waals surface area contributed by atoms with Gasteiger partial charge in [0.15, 0.2) is 0 Å². The first-order valence-electron chi connectivity index (χ1n) is 7.17. The number of thiophene rings is 2. The minimum Gasteiger partial charge on any atom is -0.383 e. The molecule has 0 aliphatic carbocycles. The van der Waals surface area contributed by atoms with Gasteiger partial charge in [0.1, 0.15) is 5.60 Å². The maximum absolute atomic E-state index is 12.0. The van der Waals surface area contributed by atoms with Crippen LogP contribution in [0.1, 0.15) is 40.1 Å². The van der Waals surface area contributed by atoms with E-state index in [4.69, 9.17) is 0 Å². The molecule has 2 aromatic rings. The van der Waals surface area contributed by atoms with Gasteiger partial charge in [-0.05, 0) is 50.8 Å². The Morgan fingerprint density at radius 1 is 1.45 bits per heavy atom. The fraction of sp³-hybridized carbons (Fsp3) is 0.438. The van der Waals surface area contributed by atoms with Gasteiger partial charge in [-0.15, -0.1) is 22.7 Å². The van der Waals surface area contributed by atoms with E-state index in [-0.39, 0.29) is 18.6 Å². The third-order valence-corrected chi connectivity index (χ3v) is 5.64. The van der Waals surface area contributed by atoms with Crippen LogP contribution in [0.4, 0.5) is 4.79 Å². The number of aliphatic hydroxyl groups is 1. The monoisotopic (exact) mass is 338 g/mol. The summed E-state index contributed by atoms with van der Waals surface area (Å²) in [5.41, 5.74) is 0.0894. The Hall–Kier alpha value is -1.37. The van der Waals surface area contributed by atoms with Crippen molar-refractivity contribution in [3.05, 3.63) is 43.8 Å². The van der Waals surface area contributed by atoms with E-state index in [1.807, 2.05) is 24.4 Å². The van der Waals surface area contributed by atoms with E-state index < -0.39 is 5.60 Å². The Morgan fingerprint density at radius 3 is 2.73 bits per heavy atom. The summed E-state index contributed by atoms with van der Waals surface area (Å²) in [5.74, 6) is 0. The van der Waals surface area contributed by atoms with Crippen molar-refractivity contribution < 1.29 is 9.90 Å². The van der Waals surface area contributed by atoms with Gasteiger partial charge >= 0.3 is 6.03 Å². The van der Waals surface area contributed by atoms with Gasteiger partial charge in [-0.2, -0.15) is 0 Å². The quantitative estimate of drug-likeness (QED) is 0.778. The van der Waals surface area contributed by atoms with E-state index in [9.17, 15) is 9.90 Å². The summed E-state index contributed by atoms with van der Waals surface area (Å²) in [5, 5.41) is 18.0. The lowest BCUT2D eigenvalue weighted by atomic mass is 10.1. The number of carbonyl (C=O) groups excluding carboxylic acids is 1. The molecule has 2 unspecified atom stereocenters. The smallest absolute Gasteiger partial charge is 0.315 e. The molecule has 0 bridgehead atoms. The summed E-state index contributed by atoms with van der Waals surface area (Å²) < 4.78 is 0. The van der Waals surface area contributed by atoms with Crippen molar-refractivity contribution >= 4 is 28.7 Å². The lowest BCUT2D eigenvalue weighted by Crippen LogP contribution is -2.43. The number of hydrogen-bond donors (Lipinski definition) is 3. The minimum atomic E-state index is -1.05. The van der Waals surface area contributed by atoms with Crippen molar-refractivity contribution in [1.82, 2.24) is 10.6 Å². The number of carbonyl (C=O) groups is 1. The van der Waals surface area contributed by atoms with Crippen molar-refractivity contribution in [2.75, 3.05) is 6.54 Å². The van der Waals surface area contributed by atoms with Crippen LogP contribution in [-0.2, 0) is 5.60 Å². The second kappa shape index (κ2) is 6.81. The van der Waals surface area contributed by atoms with Crippen LogP contribution in [0.25, 0.3) is 0 Å². The molecule has 120 valence electrons. The first kappa shape index (κ1) is 17.0. The normalized spacial score (nSPS) is 15.1. The van der Waals surface area contributed by atoms with Gasteiger partial charge in [-0.25, -0.2) is 4.79 Å². The number of amides is 2. The average molecular weight is 338 g/mol. The first-order chi connectivity index (χ1) is 10.3. The van der Waals surface area contributed by atoms with Crippen LogP contribution in [0.3, 0.4) is 0 Å². The molecule has 0 saturated carbocycles. The topological polar surface area (TPSA) is 61.4 Å². The van der Waals surface area contributed by atoms with Crippen molar-refractivity contribution in [3.8, 4) is 0 Å². The molecule has 0 aliphatic heterocycles. The number of hydrogen-bond acceptors (Lipinski definition) is 4. The standard InChI is InChI=1S/C16H22N2O2S2/c1-10-8-13(12(3)22-10)11(2)18-15(19)17-9-16(4,20)14-6-5-7-21-14/h5-8,11,20H,9H2,1-4H3,(H2,17,18,19). The average Bonchev–Trinajstić information content (AvgIpc) is 3.06. The zero-order valence-electron chi connectivity index (χ0n) is 13.3. The molecule has 0 fully saturated rings. The fourth-order valence-corrected chi connectivity index (χ4v) is 4.14. The highest BCUT2D eigenvalue weighted by Crippen LogP contribution is 2.26. The van der Waals surface area contributed by atoms with Gasteiger partial charge in [0, 0.05) is 14.6 Å². The molecule has 22 heavy (non-hydrogen) atoms. The van der Waals surface area contributed by atoms with E-state index >= 15 is 0 Å². The van der Waals surface area contributed by atoms with Crippen molar-refractivity contribution in [1.29, 1.82) is 0 Å². The zero-order chi connectivity index (χ0) is 16.3. The van der Waals surface area contributed by atoms with Gasteiger partial charge in [0.05, 0.1) is 12.6 Å². The van der Waals surface area contributed by atoms with E-state index in [0.717, 1.165) is 10.4 Å². The van der Waals surface area contributed by atoms with Crippen LogP contribution >= 0.6 is 22.7 Å². The van der Waals surface area contributed by atoms with Crippen LogP contribution in [-0.4, -0.2) is 17.7 Å². The molecule has 4 nitrogen and oxygen atoms in total. The minimum absolute atomic E-state index is 0.0587. The maximum atomic E-state index is 12.0. The van der Waals surface area contributed by atoms with Crippen molar-refractivity contribution in [2.45, 2.75) is 39.3 Å². The van der Waals surface area contributed by atoms with Gasteiger partial charge in [0.2, 0.25) is 0 Å². The van der Waals surface area contributed by atoms with Gasteiger partial charge in [0.25, 0.3) is 0 Å². The Kier molecular flexibility index (Phi) is 5.26. The van der Waals surface area contributed by atoms with E-state index in [1.54, 1.807) is 18.3 Å². The summed E-state index contributed by atoms with van der Waals surface area (Å²) in [4.78, 5) is 15.3. The molecule has 3 N–H and O–H groups in total. The molecule has 0 radical (unpaired) electrons. The molecule has 0 aliphatic rings. The summed E-state index contributed by atoms with van der Waals surface area (Å²) in [7, 11) is 0. The largest absolute Gasteiger partial charge is 0.383 e. The molecule has 2 rings (SSSR count).